The monoisotopic (exact) mass is 359 g/mol. The topological polar surface area (TPSA) is 84.1 Å². The summed E-state index contributed by atoms with van der Waals surface area (Å²) in [6.07, 6.45) is 1.49. The Kier molecular flexibility index (Phi) is 5.46. The van der Waals surface area contributed by atoms with E-state index in [0.29, 0.717) is 23.7 Å². The van der Waals surface area contributed by atoms with Gasteiger partial charge >= 0.3 is 0 Å². The Balaban J connectivity index is 1.79. The molecular formula is C19H22FN3O3. The highest BCUT2D eigenvalue weighted by Crippen LogP contribution is 2.27. The largest absolute Gasteiger partial charge is 0.376 e. The molecule has 0 spiro atoms. The van der Waals surface area contributed by atoms with Crippen LogP contribution in [0, 0.1) is 19.7 Å². The van der Waals surface area contributed by atoms with E-state index in [1.807, 2.05) is 0 Å². The molecule has 1 aromatic carbocycles. The number of amides is 1. The van der Waals surface area contributed by atoms with E-state index < -0.39 is 0 Å². The molecule has 2 heterocycles. The van der Waals surface area contributed by atoms with Crippen molar-refractivity contribution in [1.29, 1.82) is 0 Å². The summed E-state index contributed by atoms with van der Waals surface area (Å²) in [6.45, 7) is 4.04. The molecule has 1 fully saturated rings. The fourth-order valence-electron chi connectivity index (χ4n) is 3.27. The molecule has 7 heteroatoms. The summed E-state index contributed by atoms with van der Waals surface area (Å²) in [5.41, 5.74) is 1.36. The first kappa shape index (κ1) is 18.3. The third-order valence-corrected chi connectivity index (χ3v) is 4.56. The molecule has 3 rings (SSSR count). The second kappa shape index (κ2) is 7.78. The van der Waals surface area contributed by atoms with Crippen LogP contribution in [-0.4, -0.2) is 28.6 Å². The maximum atomic E-state index is 13.2. The Hall–Kier alpha value is -2.54. The summed E-state index contributed by atoms with van der Waals surface area (Å²) in [6, 6.07) is 5.63. The lowest BCUT2D eigenvalue weighted by Gasteiger charge is -2.25. The maximum absolute atomic E-state index is 13.2. The lowest BCUT2D eigenvalue weighted by Crippen LogP contribution is -2.38. The average molecular weight is 359 g/mol. The third-order valence-electron chi connectivity index (χ3n) is 4.56. The molecule has 6 nitrogen and oxygen atoms in total. The number of benzene rings is 1. The Morgan fingerprint density at radius 1 is 1.38 bits per heavy atom. The molecule has 0 bridgehead atoms. The van der Waals surface area contributed by atoms with Crippen molar-refractivity contribution in [3.05, 3.63) is 63.1 Å². The van der Waals surface area contributed by atoms with Crippen LogP contribution in [0.15, 0.2) is 29.1 Å². The third kappa shape index (κ3) is 4.16. The van der Waals surface area contributed by atoms with Gasteiger partial charge in [-0.05, 0) is 44.4 Å². The summed E-state index contributed by atoms with van der Waals surface area (Å²) in [5, 5.41) is 2.95. The van der Waals surface area contributed by atoms with Gasteiger partial charge in [0.2, 0.25) is 5.91 Å². The summed E-state index contributed by atoms with van der Waals surface area (Å²) in [4.78, 5) is 31.5. The minimum Gasteiger partial charge on any atom is -0.376 e. The molecule has 1 amide bonds. The van der Waals surface area contributed by atoms with E-state index in [1.54, 1.807) is 26.0 Å². The van der Waals surface area contributed by atoms with Gasteiger partial charge < -0.3 is 15.0 Å². The predicted octanol–water partition coefficient (Wildman–Crippen LogP) is 2.10. The maximum Gasteiger partial charge on any atom is 0.254 e. The molecule has 138 valence electrons. The number of aryl methyl sites for hydroxylation is 2. The van der Waals surface area contributed by atoms with E-state index in [0.717, 1.165) is 18.4 Å². The smallest absolute Gasteiger partial charge is 0.254 e. The number of rotatable bonds is 5. The van der Waals surface area contributed by atoms with Crippen LogP contribution < -0.4 is 10.9 Å². The zero-order valence-corrected chi connectivity index (χ0v) is 14.8. The van der Waals surface area contributed by atoms with Crippen molar-refractivity contribution in [3.8, 4) is 0 Å². The summed E-state index contributed by atoms with van der Waals surface area (Å²) in [5.74, 6) is -0.117. The van der Waals surface area contributed by atoms with Crippen molar-refractivity contribution >= 4 is 5.91 Å². The molecule has 0 saturated carbocycles. The Bertz CT molecular complexity index is 842. The molecule has 2 aromatic rings. The van der Waals surface area contributed by atoms with Gasteiger partial charge in [-0.1, -0.05) is 12.1 Å². The number of hydrogen-bond donors (Lipinski definition) is 2. The second-order valence-electron chi connectivity index (χ2n) is 6.54. The minimum atomic E-state index is -0.386. The van der Waals surface area contributed by atoms with Crippen molar-refractivity contribution in [1.82, 2.24) is 15.3 Å². The molecule has 26 heavy (non-hydrogen) atoms. The van der Waals surface area contributed by atoms with E-state index in [-0.39, 0.29) is 35.9 Å². The van der Waals surface area contributed by atoms with E-state index in [4.69, 9.17) is 4.74 Å². The molecular weight excluding hydrogens is 337 g/mol. The fraction of sp³-hybridized carbons (Fsp3) is 0.421. The van der Waals surface area contributed by atoms with Crippen LogP contribution in [0.3, 0.4) is 0 Å². The van der Waals surface area contributed by atoms with Gasteiger partial charge in [-0.25, -0.2) is 9.37 Å². The Morgan fingerprint density at radius 3 is 2.73 bits per heavy atom. The molecule has 1 aliphatic heterocycles. The quantitative estimate of drug-likeness (QED) is 0.856. The van der Waals surface area contributed by atoms with Gasteiger partial charge in [-0.15, -0.1) is 0 Å². The molecule has 1 aromatic heterocycles. The molecule has 2 atom stereocenters. The number of carbonyl (C=O) groups is 1. The van der Waals surface area contributed by atoms with Crippen molar-refractivity contribution in [3.63, 3.8) is 0 Å². The molecule has 0 unspecified atom stereocenters. The SMILES string of the molecule is Cc1nc(C)c(CC(=O)N[C@H](c2ccc(F)cc2)[C@H]2CCCO2)c(=O)[nH]1. The molecule has 0 aliphatic carbocycles. The van der Waals surface area contributed by atoms with Crippen molar-refractivity contribution in [2.45, 2.75) is 45.3 Å². The number of carbonyl (C=O) groups excluding carboxylic acids is 1. The summed E-state index contributed by atoms with van der Waals surface area (Å²) in [7, 11) is 0. The lowest BCUT2D eigenvalue weighted by atomic mass is 9.98. The van der Waals surface area contributed by atoms with Crippen LogP contribution >= 0.6 is 0 Å². The number of aromatic amines is 1. The standard InChI is InChI=1S/C19H22FN3O3/c1-11-15(19(25)22-12(2)21-11)10-17(24)23-18(16-4-3-9-26-16)13-5-7-14(20)8-6-13/h5-8,16,18H,3-4,9-10H2,1-2H3,(H,23,24)(H,21,22,25)/t16-,18-/m1/s1. The number of hydrogen-bond acceptors (Lipinski definition) is 4. The zero-order chi connectivity index (χ0) is 18.7. The van der Waals surface area contributed by atoms with E-state index in [1.165, 1.54) is 12.1 Å². The number of H-pyrrole nitrogens is 1. The van der Waals surface area contributed by atoms with Gasteiger partial charge in [-0.3, -0.25) is 9.59 Å². The zero-order valence-electron chi connectivity index (χ0n) is 14.8. The number of halogens is 1. The second-order valence-corrected chi connectivity index (χ2v) is 6.54. The number of nitrogens with zero attached hydrogens (tertiary/aromatic N) is 1. The first-order valence-electron chi connectivity index (χ1n) is 8.67. The van der Waals surface area contributed by atoms with Gasteiger partial charge in [0.15, 0.2) is 0 Å². The normalized spacial score (nSPS) is 17.9. The Labute approximate surface area is 150 Å². The fourth-order valence-corrected chi connectivity index (χ4v) is 3.27. The van der Waals surface area contributed by atoms with Gasteiger partial charge in [0.1, 0.15) is 11.6 Å². The summed E-state index contributed by atoms with van der Waals surface area (Å²) >= 11 is 0. The van der Waals surface area contributed by atoms with Crippen LogP contribution in [0.1, 0.15) is 41.5 Å². The van der Waals surface area contributed by atoms with Crippen LogP contribution in [0.2, 0.25) is 0 Å². The van der Waals surface area contributed by atoms with Crippen LogP contribution in [0.5, 0.6) is 0 Å². The van der Waals surface area contributed by atoms with Crippen LogP contribution in [-0.2, 0) is 16.0 Å². The van der Waals surface area contributed by atoms with Gasteiger partial charge in [0, 0.05) is 17.9 Å². The van der Waals surface area contributed by atoms with Crippen molar-refractivity contribution < 1.29 is 13.9 Å². The van der Waals surface area contributed by atoms with Gasteiger partial charge in [0.05, 0.1) is 18.6 Å². The van der Waals surface area contributed by atoms with E-state index >= 15 is 0 Å². The van der Waals surface area contributed by atoms with E-state index in [9.17, 15) is 14.0 Å². The van der Waals surface area contributed by atoms with E-state index in [2.05, 4.69) is 15.3 Å². The predicted molar refractivity (Wildman–Crippen MR) is 94.3 cm³/mol. The minimum absolute atomic E-state index is 0.0706. The first-order chi connectivity index (χ1) is 12.4. The highest BCUT2D eigenvalue weighted by Gasteiger charge is 2.29. The highest BCUT2D eigenvalue weighted by molar-refractivity contribution is 5.79. The Morgan fingerprint density at radius 2 is 2.12 bits per heavy atom. The van der Waals surface area contributed by atoms with Crippen LogP contribution in [0.25, 0.3) is 0 Å². The van der Waals surface area contributed by atoms with Gasteiger partial charge in [-0.2, -0.15) is 0 Å². The summed E-state index contributed by atoms with van der Waals surface area (Å²) < 4.78 is 19.0. The first-order valence-corrected chi connectivity index (χ1v) is 8.67. The number of nitrogens with one attached hydrogen (secondary N) is 2. The average Bonchev–Trinajstić information content (AvgIpc) is 3.11. The van der Waals surface area contributed by atoms with Crippen LogP contribution in [0.4, 0.5) is 4.39 Å². The van der Waals surface area contributed by atoms with Crippen molar-refractivity contribution in [2.75, 3.05) is 6.61 Å². The lowest BCUT2D eigenvalue weighted by molar-refractivity contribution is -0.122. The number of aromatic nitrogens is 2. The molecule has 1 aliphatic rings. The molecule has 1 saturated heterocycles. The number of ether oxygens (including phenoxy) is 1. The molecule has 2 N–H and O–H groups in total. The van der Waals surface area contributed by atoms with Crippen molar-refractivity contribution in [2.24, 2.45) is 0 Å². The van der Waals surface area contributed by atoms with Gasteiger partial charge in [0.25, 0.3) is 5.56 Å². The highest BCUT2D eigenvalue weighted by atomic mass is 19.1. The molecule has 0 radical (unpaired) electrons.